The van der Waals surface area contributed by atoms with E-state index in [9.17, 15) is 9.59 Å². The molecule has 0 aliphatic rings. The van der Waals surface area contributed by atoms with Crippen molar-refractivity contribution in [3.8, 4) is 5.69 Å². The first-order chi connectivity index (χ1) is 13.5. The van der Waals surface area contributed by atoms with Gasteiger partial charge in [-0.05, 0) is 47.2 Å². The number of ether oxygens (including phenoxy) is 1. The number of rotatable bonds is 6. The highest BCUT2D eigenvalue weighted by Crippen LogP contribution is 2.24. The molecule has 3 aromatic rings. The van der Waals surface area contributed by atoms with Gasteiger partial charge in [-0.25, -0.2) is 4.79 Å². The van der Waals surface area contributed by atoms with Gasteiger partial charge in [0.2, 0.25) is 11.1 Å². The van der Waals surface area contributed by atoms with Gasteiger partial charge in [0.05, 0.1) is 29.8 Å². The van der Waals surface area contributed by atoms with E-state index < -0.39 is 5.97 Å². The molecule has 0 aliphatic heterocycles. The summed E-state index contributed by atoms with van der Waals surface area (Å²) in [4.78, 5) is 24.2. The molecule has 28 heavy (non-hydrogen) atoms. The first-order valence-electron chi connectivity index (χ1n) is 8.14. The second-order valence-electron chi connectivity index (χ2n) is 5.68. The molecule has 8 nitrogen and oxygen atoms in total. The highest BCUT2D eigenvalue weighted by atomic mass is 35.5. The summed E-state index contributed by atoms with van der Waals surface area (Å²) in [6.07, 6.45) is 0. The van der Waals surface area contributed by atoms with E-state index in [-0.39, 0.29) is 17.2 Å². The molecule has 0 bridgehead atoms. The number of anilines is 1. The molecule has 2 aromatic carbocycles. The zero-order chi connectivity index (χ0) is 20.1. The van der Waals surface area contributed by atoms with Gasteiger partial charge < -0.3 is 10.1 Å². The SMILES string of the molecule is COC(=O)c1ccccc1NC(=O)CSc1nnnn1-c1cc(Cl)ccc1C. The summed E-state index contributed by atoms with van der Waals surface area (Å²) in [7, 11) is 1.29. The smallest absolute Gasteiger partial charge is 0.339 e. The van der Waals surface area contributed by atoms with Crippen molar-refractivity contribution in [1.82, 2.24) is 20.2 Å². The zero-order valence-corrected chi connectivity index (χ0v) is 16.6. The fourth-order valence-corrected chi connectivity index (χ4v) is 3.28. The number of thioether (sulfide) groups is 1. The van der Waals surface area contributed by atoms with Gasteiger partial charge in [-0.15, -0.1) is 5.10 Å². The molecule has 0 radical (unpaired) electrons. The summed E-state index contributed by atoms with van der Waals surface area (Å²) < 4.78 is 6.26. The molecule has 144 valence electrons. The van der Waals surface area contributed by atoms with Crippen LogP contribution in [0.2, 0.25) is 5.02 Å². The average molecular weight is 418 g/mol. The maximum absolute atomic E-state index is 12.4. The number of para-hydroxylation sites is 1. The molecule has 0 unspecified atom stereocenters. The fourth-order valence-electron chi connectivity index (χ4n) is 2.43. The van der Waals surface area contributed by atoms with Gasteiger partial charge in [0, 0.05) is 5.02 Å². The van der Waals surface area contributed by atoms with Crippen LogP contribution in [-0.2, 0) is 9.53 Å². The molecule has 1 N–H and O–H groups in total. The van der Waals surface area contributed by atoms with Crippen molar-refractivity contribution in [2.45, 2.75) is 12.1 Å². The van der Waals surface area contributed by atoms with Crippen molar-refractivity contribution >= 4 is 40.9 Å². The normalized spacial score (nSPS) is 10.5. The topological polar surface area (TPSA) is 99.0 Å². The molecule has 1 aromatic heterocycles. The molecule has 1 heterocycles. The Bertz CT molecular complexity index is 1020. The molecule has 0 saturated carbocycles. The second-order valence-corrected chi connectivity index (χ2v) is 7.06. The van der Waals surface area contributed by atoms with Gasteiger partial charge in [0.25, 0.3) is 0 Å². The first-order valence-corrected chi connectivity index (χ1v) is 9.51. The van der Waals surface area contributed by atoms with Crippen LogP contribution in [0.25, 0.3) is 5.69 Å². The lowest BCUT2D eigenvalue weighted by atomic mass is 10.2. The highest BCUT2D eigenvalue weighted by Gasteiger charge is 2.16. The third-order valence-electron chi connectivity index (χ3n) is 3.78. The summed E-state index contributed by atoms with van der Waals surface area (Å²) >= 11 is 7.23. The molecule has 0 spiro atoms. The Hall–Kier alpha value is -2.91. The third kappa shape index (κ3) is 4.49. The number of nitrogens with zero attached hydrogens (tertiary/aromatic N) is 4. The van der Waals surface area contributed by atoms with Crippen molar-refractivity contribution in [2.24, 2.45) is 0 Å². The number of halogens is 1. The van der Waals surface area contributed by atoms with Crippen molar-refractivity contribution in [3.05, 3.63) is 58.6 Å². The molecular weight excluding hydrogens is 402 g/mol. The zero-order valence-electron chi connectivity index (χ0n) is 15.0. The number of methoxy groups -OCH3 is 1. The maximum Gasteiger partial charge on any atom is 0.339 e. The first kappa shape index (κ1) is 19.8. The molecule has 0 atom stereocenters. The lowest BCUT2D eigenvalue weighted by molar-refractivity contribution is -0.113. The van der Waals surface area contributed by atoms with Crippen LogP contribution in [-0.4, -0.2) is 44.9 Å². The number of aromatic nitrogens is 4. The summed E-state index contributed by atoms with van der Waals surface area (Å²) in [5.74, 6) is -0.780. The summed E-state index contributed by atoms with van der Waals surface area (Å²) in [5.41, 5.74) is 2.33. The van der Waals surface area contributed by atoms with Crippen molar-refractivity contribution in [2.75, 3.05) is 18.2 Å². The van der Waals surface area contributed by atoms with Gasteiger partial charge in [0.1, 0.15) is 0 Å². The Morgan fingerprint density at radius 3 is 2.82 bits per heavy atom. The van der Waals surface area contributed by atoms with E-state index in [0.717, 1.165) is 11.3 Å². The number of carbonyl (C=O) groups excluding carboxylic acids is 2. The third-order valence-corrected chi connectivity index (χ3v) is 4.93. The summed E-state index contributed by atoms with van der Waals surface area (Å²) in [6, 6.07) is 12.0. The van der Waals surface area contributed by atoms with E-state index in [1.54, 1.807) is 36.4 Å². The predicted molar refractivity (Wildman–Crippen MR) is 106 cm³/mol. The van der Waals surface area contributed by atoms with Crippen LogP contribution in [0.5, 0.6) is 0 Å². The number of tetrazole rings is 1. The number of carbonyl (C=O) groups is 2. The molecular formula is C18H16ClN5O3S. The Labute approximate surface area is 170 Å². The number of benzene rings is 2. The van der Waals surface area contributed by atoms with Crippen LogP contribution in [0.15, 0.2) is 47.6 Å². The van der Waals surface area contributed by atoms with Gasteiger partial charge in [-0.2, -0.15) is 4.68 Å². The van der Waals surface area contributed by atoms with Crippen LogP contribution in [0.3, 0.4) is 0 Å². The lowest BCUT2D eigenvalue weighted by Crippen LogP contribution is -2.17. The molecule has 0 fully saturated rings. The Morgan fingerprint density at radius 1 is 1.25 bits per heavy atom. The van der Waals surface area contributed by atoms with Gasteiger partial charge in [0.15, 0.2) is 0 Å². The van der Waals surface area contributed by atoms with Gasteiger partial charge >= 0.3 is 5.97 Å². The molecule has 1 amide bonds. The Kier molecular flexibility index (Phi) is 6.27. The van der Waals surface area contributed by atoms with Gasteiger partial charge in [-0.3, -0.25) is 4.79 Å². The molecule has 3 rings (SSSR count). The number of aryl methyl sites for hydroxylation is 1. The monoisotopic (exact) mass is 417 g/mol. The van der Waals surface area contributed by atoms with Crippen molar-refractivity contribution < 1.29 is 14.3 Å². The van der Waals surface area contributed by atoms with Crippen LogP contribution >= 0.6 is 23.4 Å². The molecule has 0 aliphatic carbocycles. The van der Waals surface area contributed by atoms with E-state index in [2.05, 4.69) is 20.8 Å². The summed E-state index contributed by atoms with van der Waals surface area (Å²) in [5, 5.41) is 15.4. The quantitative estimate of drug-likeness (QED) is 0.485. The Morgan fingerprint density at radius 2 is 2.04 bits per heavy atom. The predicted octanol–water partition coefficient (Wildman–Crippen LogP) is 3.14. The van der Waals surface area contributed by atoms with E-state index in [0.29, 0.717) is 15.9 Å². The minimum atomic E-state index is -0.524. The number of amides is 1. The molecule has 0 saturated heterocycles. The maximum atomic E-state index is 12.4. The number of hydrogen-bond acceptors (Lipinski definition) is 7. The number of hydrogen-bond donors (Lipinski definition) is 1. The lowest BCUT2D eigenvalue weighted by Gasteiger charge is -2.10. The van der Waals surface area contributed by atoms with Crippen LogP contribution < -0.4 is 5.32 Å². The highest BCUT2D eigenvalue weighted by molar-refractivity contribution is 7.99. The van der Waals surface area contributed by atoms with Crippen LogP contribution in [0.1, 0.15) is 15.9 Å². The number of esters is 1. The number of nitrogens with one attached hydrogen (secondary N) is 1. The van der Waals surface area contributed by atoms with E-state index >= 15 is 0 Å². The standard InChI is InChI=1S/C18H16ClN5O3S/c1-11-7-8-12(19)9-15(11)24-18(21-22-23-24)28-10-16(25)20-14-6-4-3-5-13(14)17(26)27-2/h3-9H,10H2,1-2H3,(H,20,25). The second kappa shape index (κ2) is 8.85. The van der Waals surface area contributed by atoms with Gasteiger partial charge in [-0.1, -0.05) is 41.6 Å². The van der Waals surface area contributed by atoms with Crippen LogP contribution in [0.4, 0.5) is 5.69 Å². The Balaban J connectivity index is 1.71. The van der Waals surface area contributed by atoms with E-state index in [4.69, 9.17) is 16.3 Å². The van der Waals surface area contributed by atoms with Crippen molar-refractivity contribution in [3.63, 3.8) is 0 Å². The fraction of sp³-hybridized carbons (Fsp3) is 0.167. The van der Waals surface area contributed by atoms with E-state index in [1.807, 2.05) is 13.0 Å². The molecule has 10 heteroatoms. The minimum absolute atomic E-state index is 0.0511. The summed E-state index contributed by atoms with van der Waals surface area (Å²) in [6.45, 7) is 1.91. The van der Waals surface area contributed by atoms with Crippen molar-refractivity contribution in [1.29, 1.82) is 0 Å². The largest absolute Gasteiger partial charge is 0.465 e. The minimum Gasteiger partial charge on any atom is -0.465 e. The average Bonchev–Trinajstić information content (AvgIpc) is 3.16. The van der Waals surface area contributed by atoms with E-state index in [1.165, 1.54) is 23.6 Å². The van der Waals surface area contributed by atoms with Crippen LogP contribution in [0, 0.1) is 6.92 Å².